The zero-order valence-electron chi connectivity index (χ0n) is 13.2. The van der Waals surface area contributed by atoms with Crippen molar-refractivity contribution in [1.82, 2.24) is 5.32 Å². The molecule has 1 N–H and O–H groups in total. The molecule has 120 valence electrons. The molecule has 2 aromatic rings. The van der Waals surface area contributed by atoms with Gasteiger partial charge in [0.05, 0.1) is 6.61 Å². The van der Waals surface area contributed by atoms with E-state index in [1.165, 1.54) is 0 Å². The van der Waals surface area contributed by atoms with Crippen LogP contribution in [-0.4, -0.2) is 32.5 Å². The first-order valence-electron chi connectivity index (χ1n) is 7.47. The average molecular weight is 313 g/mol. The molecule has 1 amide bonds. The lowest BCUT2D eigenvalue weighted by atomic mass is 10.0. The summed E-state index contributed by atoms with van der Waals surface area (Å²) in [5.74, 6) is 1.36. The first-order valence-corrected chi connectivity index (χ1v) is 7.47. The highest BCUT2D eigenvalue weighted by atomic mass is 16.7. The van der Waals surface area contributed by atoms with Gasteiger partial charge in [-0.2, -0.15) is 0 Å². The van der Waals surface area contributed by atoms with E-state index in [4.69, 9.17) is 14.2 Å². The molecule has 0 unspecified atom stereocenters. The molecule has 1 aliphatic heterocycles. The van der Waals surface area contributed by atoms with Crippen LogP contribution in [0.4, 0.5) is 0 Å². The van der Waals surface area contributed by atoms with Gasteiger partial charge in [-0.1, -0.05) is 18.2 Å². The largest absolute Gasteiger partial charge is 0.454 e. The number of nitrogens with one attached hydrogen (secondary N) is 1. The number of ether oxygens (including phenoxy) is 3. The lowest BCUT2D eigenvalue weighted by molar-refractivity contribution is 0.0905. The van der Waals surface area contributed by atoms with Crippen molar-refractivity contribution in [3.05, 3.63) is 48.0 Å². The molecule has 0 radical (unpaired) electrons. The molecule has 1 aliphatic rings. The molecule has 0 spiro atoms. The SMILES string of the molecule is COC[C@H](C)NC(=O)c1cccc(-c2ccc3c(c2)OCO3)c1. The zero-order chi connectivity index (χ0) is 16.2. The van der Waals surface area contributed by atoms with Crippen molar-refractivity contribution in [2.45, 2.75) is 13.0 Å². The van der Waals surface area contributed by atoms with Crippen molar-refractivity contribution < 1.29 is 19.0 Å². The third-order valence-corrected chi connectivity index (χ3v) is 3.62. The minimum atomic E-state index is -0.114. The van der Waals surface area contributed by atoms with Crippen LogP contribution in [-0.2, 0) is 4.74 Å². The molecule has 0 bridgehead atoms. The lowest BCUT2D eigenvalue weighted by Crippen LogP contribution is -2.35. The van der Waals surface area contributed by atoms with Gasteiger partial charge in [0.25, 0.3) is 5.91 Å². The Labute approximate surface area is 135 Å². The molecular formula is C18H19NO4. The predicted molar refractivity (Wildman–Crippen MR) is 86.8 cm³/mol. The van der Waals surface area contributed by atoms with Crippen molar-refractivity contribution in [3.8, 4) is 22.6 Å². The van der Waals surface area contributed by atoms with Crippen molar-refractivity contribution in [2.24, 2.45) is 0 Å². The van der Waals surface area contributed by atoms with Gasteiger partial charge in [0, 0.05) is 18.7 Å². The van der Waals surface area contributed by atoms with Crippen LogP contribution < -0.4 is 14.8 Å². The van der Waals surface area contributed by atoms with E-state index in [0.717, 1.165) is 22.6 Å². The molecule has 5 nitrogen and oxygen atoms in total. The van der Waals surface area contributed by atoms with E-state index in [0.29, 0.717) is 12.2 Å². The van der Waals surface area contributed by atoms with Gasteiger partial charge in [-0.3, -0.25) is 4.79 Å². The summed E-state index contributed by atoms with van der Waals surface area (Å²) in [6.07, 6.45) is 0. The predicted octanol–water partition coefficient (Wildman–Crippen LogP) is 2.85. The summed E-state index contributed by atoms with van der Waals surface area (Å²) < 4.78 is 15.8. The van der Waals surface area contributed by atoms with E-state index in [-0.39, 0.29) is 18.7 Å². The third kappa shape index (κ3) is 3.46. The van der Waals surface area contributed by atoms with Crippen LogP contribution in [0.15, 0.2) is 42.5 Å². The maximum absolute atomic E-state index is 12.3. The topological polar surface area (TPSA) is 56.8 Å². The summed E-state index contributed by atoms with van der Waals surface area (Å²) in [5, 5.41) is 2.91. The van der Waals surface area contributed by atoms with Crippen molar-refractivity contribution in [2.75, 3.05) is 20.5 Å². The minimum absolute atomic E-state index is 0.0401. The fourth-order valence-corrected chi connectivity index (χ4v) is 2.51. The quantitative estimate of drug-likeness (QED) is 0.922. The van der Waals surface area contributed by atoms with Crippen molar-refractivity contribution in [3.63, 3.8) is 0 Å². The highest BCUT2D eigenvalue weighted by Gasteiger charge is 2.15. The molecule has 0 fully saturated rings. The Bertz CT molecular complexity index is 714. The summed E-state index contributed by atoms with van der Waals surface area (Å²) in [7, 11) is 1.61. The van der Waals surface area contributed by atoms with Crippen LogP contribution in [0, 0.1) is 0 Å². The van der Waals surface area contributed by atoms with Crippen LogP contribution in [0.2, 0.25) is 0 Å². The highest BCUT2D eigenvalue weighted by molar-refractivity contribution is 5.95. The van der Waals surface area contributed by atoms with Gasteiger partial charge in [-0.25, -0.2) is 0 Å². The van der Waals surface area contributed by atoms with E-state index in [1.54, 1.807) is 13.2 Å². The fraction of sp³-hybridized carbons (Fsp3) is 0.278. The normalized spacial score (nSPS) is 13.7. The number of rotatable bonds is 5. The van der Waals surface area contributed by atoms with Crippen LogP contribution in [0.1, 0.15) is 17.3 Å². The Morgan fingerprint density at radius 1 is 1.17 bits per heavy atom. The number of amides is 1. The molecule has 3 rings (SSSR count). The Kier molecular flexibility index (Phi) is 4.48. The Morgan fingerprint density at radius 2 is 1.96 bits per heavy atom. The maximum Gasteiger partial charge on any atom is 0.251 e. The molecule has 5 heteroatoms. The molecular weight excluding hydrogens is 294 g/mol. The highest BCUT2D eigenvalue weighted by Crippen LogP contribution is 2.35. The fourth-order valence-electron chi connectivity index (χ4n) is 2.51. The summed E-state index contributed by atoms with van der Waals surface area (Å²) in [6, 6.07) is 13.2. The van der Waals surface area contributed by atoms with E-state index in [2.05, 4.69) is 5.32 Å². The molecule has 0 saturated heterocycles. The zero-order valence-corrected chi connectivity index (χ0v) is 13.2. The second kappa shape index (κ2) is 6.71. The van der Waals surface area contributed by atoms with Gasteiger partial charge >= 0.3 is 0 Å². The first kappa shape index (κ1) is 15.4. The number of hydrogen-bond donors (Lipinski definition) is 1. The first-order chi connectivity index (χ1) is 11.2. The van der Waals surface area contributed by atoms with Crippen LogP contribution in [0.25, 0.3) is 11.1 Å². The molecule has 0 aliphatic carbocycles. The van der Waals surface area contributed by atoms with Gasteiger partial charge in [0.15, 0.2) is 11.5 Å². The molecule has 1 atom stereocenters. The Balaban J connectivity index is 1.81. The molecule has 2 aromatic carbocycles. The van der Waals surface area contributed by atoms with Crippen LogP contribution in [0.5, 0.6) is 11.5 Å². The van der Waals surface area contributed by atoms with Crippen LogP contribution >= 0.6 is 0 Å². The van der Waals surface area contributed by atoms with E-state index in [9.17, 15) is 4.79 Å². The average Bonchev–Trinajstić information content (AvgIpc) is 3.02. The summed E-state index contributed by atoms with van der Waals surface area (Å²) >= 11 is 0. The summed E-state index contributed by atoms with van der Waals surface area (Å²) in [6.45, 7) is 2.63. The second-order valence-corrected chi connectivity index (χ2v) is 5.48. The number of carbonyl (C=O) groups is 1. The van der Waals surface area contributed by atoms with E-state index in [1.807, 2.05) is 43.3 Å². The van der Waals surface area contributed by atoms with Crippen molar-refractivity contribution >= 4 is 5.91 Å². The number of benzene rings is 2. The van der Waals surface area contributed by atoms with Gasteiger partial charge in [-0.05, 0) is 42.3 Å². The number of methoxy groups -OCH3 is 1. The number of carbonyl (C=O) groups excluding carboxylic acids is 1. The van der Waals surface area contributed by atoms with Gasteiger partial charge in [-0.15, -0.1) is 0 Å². The standard InChI is InChI=1S/C18H19NO4/c1-12(10-21-2)19-18(20)15-5-3-4-13(8-15)14-6-7-16-17(9-14)23-11-22-16/h3-9,12H,10-11H2,1-2H3,(H,19,20)/t12-/m0/s1. The number of fused-ring (bicyclic) bond motifs is 1. The van der Waals surface area contributed by atoms with Crippen molar-refractivity contribution in [1.29, 1.82) is 0 Å². The summed E-state index contributed by atoms with van der Waals surface area (Å²) in [4.78, 5) is 12.3. The lowest BCUT2D eigenvalue weighted by Gasteiger charge is -2.13. The Hall–Kier alpha value is -2.53. The smallest absolute Gasteiger partial charge is 0.251 e. The molecule has 0 saturated carbocycles. The number of hydrogen-bond acceptors (Lipinski definition) is 4. The molecule has 0 aromatic heterocycles. The maximum atomic E-state index is 12.3. The van der Waals surface area contributed by atoms with Gasteiger partial charge in [0.2, 0.25) is 6.79 Å². The second-order valence-electron chi connectivity index (χ2n) is 5.48. The summed E-state index contributed by atoms with van der Waals surface area (Å²) in [5.41, 5.74) is 2.55. The monoisotopic (exact) mass is 313 g/mol. The van der Waals surface area contributed by atoms with Gasteiger partial charge < -0.3 is 19.5 Å². The molecule has 23 heavy (non-hydrogen) atoms. The molecule has 1 heterocycles. The van der Waals surface area contributed by atoms with E-state index < -0.39 is 0 Å². The Morgan fingerprint density at radius 3 is 2.78 bits per heavy atom. The third-order valence-electron chi connectivity index (χ3n) is 3.62. The van der Waals surface area contributed by atoms with E-state index >= 15 is 0 Å². The van der Waals surface area contributed by atoms with Crippen LogP contribution in [0.3, 0.4) is 0 Å². The minimum Gasteiger partial charge on any atom is -0.454 e. The van der Waals surface area contributed by atoms with Gasteiger partial charge in [0.1, 0.15) is 0 Å².